The molecule has 0 aromatic carbocycles. The van der Waals surface area contributed by atoms with Crippen molar-refractivity contribution in [2.75, 3.05) is 19.6 Å². The lowest BCUT2D eigenvalue weighted by Gasteiger charge is -2.57. The summed E-state index contributed by atoms with van der Waals surface area (Å²) in [5, 5.41) is 3.50. The molecule has 4 bridgehead atoms. The van der Waals surface area contributed by atoms with Gasteiger partial charge in [0.1, 0.15) is 0 Å². The highest BCUT2D eigenvalue weighted by Crippen LogP contribution is 2.55. The Morgan fingerprint density at radius 2 is 1.57 bits per heavy atom. The summed E-state index contributed by atoms with van der Waals surface area (Å²) in [6, 6.07) is 0. The summed E-state index contributed by atoms with van der Waals surface area (Å²) < 4.78 is 0. The molecule has 1 amide bonds. The molecule has 1 heterocycles. The number of hydrogen-bond donors (Lipinski definition) is 1. The van der Waals surface area contributed by atoms with Gasteiger partial charge < -0.3 is 5.32 Å². The molecule has 118 valence electrons. The number of nitrogens with zero attached hydrogens (tertiary/aromatic N) is 1. The molecule has 0 spiro atoms. The third kappa shape index (κ3) is 2.86. The first-order chi connectivity index (χ1) is 10.1. The van der Waals surface area contributed by atoms with Gasteiger partial charge in [0.15, 0.2) is 0 Å². The van der Waals surface area contributed by atoms with Crippen LogP contribution in [0.5, 0.6) is 0 Å². The van der Waals surface area contributed by atoms with E-state index in [4.69, 9.17) is 0 Å². The third-order valence-electron chi connectivity index (χ3n) is 6.69. The van der Waals surface area contributed by atoms with E-state index < -0.39 is 0 Å². The van der Waals surface area contributed by atoms with Gasteiger partial charge in [-0.05, 0) is 88.1 Å². The lowest BCUT2D eigenvalue weighted by Crippen LogP contribution is -2.61. The van der Waals surface area contributed by atoms with Gasteiger partial charge in [0, 0.05) is 5.54 Å². The summed E-state index contributed by atoms with van der Waals surface area (Å²) in [5.41, 5.74) is 0.189. The van der Waals surface area contributed by atoms with E-state index in [-0.39, 0.29) is 5.54 Å². The molecular weight excluding hydrogens is 260 g/mol. The van der Waals surface area contributed by atoms with E-state index in [1.165, 1.54) is 51.4 Å². The van der Waals surface area contributed by atoms with Gasteiger partial charge >= 0.3 is 0 Å². The summed E-state index contributed by atoms with van der Waals surface area (Å²) in [6.07, 6.45) is 10.6. The standard InChI is InChI=1S/C18H30N2O/c1-13-2-4-20(5-3-13)12-17(21)19-18-9-14-6-15(10-18)8-16(7-14)11-18/h13-16H,2-12H2,1H3,(H,19,21). The second-order valence-corrected chi connectivity index (χ2v) is 8.70. The van der Waals surface area contributed by atoms with E-state index in [9.17, 15) is 4.79 Å². The second kappa shape index (κ2) is 5.26. The number of amides is 1. The van der Waals surface area contributed by atoms with Crippen molar-refractivity contribution < 1.29 is 4.79 Å². The maximum Gasteiger partial charge on any atom is 0.234 e. The van der Waals surface area contributed by atoms with Gasteiger partial charge in [-0.25, -0.2) is 0 Å². The van der Waals surface area contributed by atoms with Gasteiger partial charge in [-0.15, -0.1) is 0 Å². The third-order valence-corrected chi connectivity index (χ3v) is 6.69. The van der Waals surface area contributed by atoms with Crippen molar-refractivity contribution >= 4 is 5.91 Å². The van der Waals surface area contributed by atoms with Crippen LogP contribution >= 0.6 is 0 Å². The maximum atomic E-state index is 12.5. The van der Waals surface area contributed by atoms with E-state index in [2.05, 4.69) is 17.1 Å². The van der Waals surface area contributed by atoms with Crippen LogP contribution in [0.2, 0.25) is 0 Å². The van der Waals surface area contributed by atoms with Gasteiger partial charge in [0.2, 0.25) is 5.91 Å². The molecule has 4 saturated carbocycles. The topological polar surface area (TPSA) is 32.3 Å². The molecule has 1 N–H and O–H groups in total. The predicted octanol–water partition coefficient (Wildman–Crippen LogP) is 2.80. The molecule has 21 heavy (non-hydrogen) atoms. The fourth-order valence-corrected chi connectivity index (χ4v) is 6.02. The number of carbonyl (C=O) groups is 1. The monoisotopic (exact) mass is 290 g/mol. The SMILES string of the molecule is CC1CCN(CC(=O)NC23CC4CC(CC(C4)C2)C3)CC1. The fraction of sp³-hybridized carbons (Fsp3) is 0.944. The maximum absolute atomic E-state index is 12.5. The van der Waals surface area contributed by atoms with Crippen LogP contribution in [0.3, 0.4) is 0 Å². The fourth-order valence-electron chi connectivity index (χ4n) is 6.02. The summed E-state index contributed by atoms with van der Waals surface area (Å²) in [5.74, 6) is 3.87. The average Bonchev–Trinajstić information content (AvgIpc) is 2.39. The number of likely N-dealkylation sites (tertiary alicyclic amines) is 1. The zero-order chi connectivity index (χ0) is 14.4. The Labute approximate surface area is 128 Å². The Morgan fingerprint density at radius 3 is 2.10 bits per heavy atom. The predicted molar refractivity (Wildman–Crippen MR) is 83.9 cm³/mol. The van der Waals surface area contributed by atoms with E-state index in [1.807, 2.05) is 0 Å². The summed E-state index contributed by atoms with van der Waals surface area (Å²) in [6.45, 7) is 5.17. The number of hydrogen-bond acceptors (Lipinski definition) is 2. The highest BCUT2D eigenvalue weighted by molar-refractivity contribution is 5.79. The minimum absolute atomic E-state index is 0.189. The molecule has 5 aliphatic rings. The number of nitrogens with one attached hydrogen (secondary N) is 1. The first kappa shape index (κ1) is 14.0. The lowest BCUT2D eigenvalue weighted by atomic mass is 9.53. The zero-order valence-electron chi connectivity index (χ0n) is 13.4. The van der Waals surface area contributed by atoms with Crippen LogP contribution in [0, 0.1) is 23.7 Å². The molecule has 3 heteroatoms. The quantitative estimate of drug-likeness (QED) is 0.867. The van der Waals surface area contributed by atoms with E-state index in [1.54, 1.807) is 0 Å². The molecule has 0 aromatic rings. The minimum Gasteiger partial charge on any atom is -0.350 e. The molecule has 0 aromatic heterocycles. The smallest absolute Gasteiger partial charge is 0.234 e. The molecule has 0 radical (unpaired) electrons. The highest BCUT2D eigenvalue weighted by atomic mass is 16.2. The van der Waals surface area contributed by atoms with Gasteiger partial charge in [0.25, 0.3) is 0 Å². The first-order valence-corrected chi connectivity index (χ1v) is 9.14. The van der Waals surface area contributed by atoms with Crippen LogP contribution in [-0.4, -0.2) is 36.0 Å². The number of carbonyl (C=O) groups excluding carboxylic acids is 1. The first-order valence-electron chi connectivity index (χ1n) is 9.14. The van der Waals surface area contributed by atoms with Gasteiger partial charge in [-0.1, -0.05) is 6.92 Å². The summed E-state index contributed by atoms with van der Waals surface area (Å²) in [7, 11) is 0. The molecule has 1 saturated heterocycles. The highest BCUT2D eigenvalue weighted by Gasteiger charge is 2.51. The van der Waals surface area contributed by atoms with Crippen molar-refractivity contribution in [3.8, 4) is 0 Å². The van der Waals surface area contributed by atoms with Crippen LogP contribution in [0.25, 0.3) is 0 Å². The Hall–Kier alpha value is -0.570. The largest absolute Gasteiger partial charge is 0.350 e. The van der Waals surface area contributed by atoms with Crippen molar-refractivity contribution in [1.82, 2.24) is 10.2 Å². The Bertz CT molecular complexity index is 376. The average molecular weight is 290 g/mol. The zero-order valence-corrected chi connectivity index (χ0v) is 13.4. The van der Waals surface area contributed by atoms with Crippen LogP contribution in [0.1, 0.15) is 58.3 Å². The van der Waals surface area contributed by atoms with Crippen LogP contribution in [0.15, 0.2) is 0 Å². The Balaban J connectivity index is 1.34. The van der Waals surface area contributed by atoms with Crippen molar-refractivity contribution in [2.45, 2.75) is 63.8 Å². The Kier molecular flexibility index (Phi) is 3.52. The molecular formula is C18H30N2O. The lowest BCUT2D eigenvalue weighted by molar-refractivity contribution is -0.128. The molecule has 5 fully saturated rings. The van der Waals surface area contributed by atoms with Crippen LogP contribution in [0.4, 0.5) is 0 Å². The minimum atomic E-state index is 0.189. The molecule has 5 rings (SSSR count). The van der Waals surface area contributed by atoms with Crippen LogP contribution in [-0.2, 0) is 4.79 Å². The molecule has 4 aliphatic carbocycles. The van der Waals surface area contributed by atoms with Crippen molar-refractivity contribution in [3.05, 3.63) is 0 Å². The van der Waals surface area contributed by atoms with E-state index in [0.29, 0.717) is 12.5 Å². The second-order valence-electron chi connectivity index (χ2n) is 8.70. The molecule has 3 nitrogen and oxygen atoms in total. The van der Waals surface area contributed by atoms with Crippen molar-refractivity contribution in [1.29, 1.82) is 0 Å². The number of rotatable bonds is 3. The van der Waals surface area contributed by atoms with E-state index in [0.717, 1.165) is 36.8 Å². The summed E-state index contributed by atoms with van der Waals surface area (Å²) in [4.78, 5) is 14.9. The van der Waals surface area contributed by atoms with Crippen molar-refractivity contribution in [3.63, 3.8) is 0 Å². The van der Waals surface area contributed by atoms with Gasteiger partial charge in [0.05, 0.1) is 6.54 Å². The molecule has 0 unspecified atom stereocenters. The molecule has 1 aliphatic heterocycles. The Morgan fingerprint density at radius 1 is 1.05 bits per heavy atom. The molecule has 0 atom stereocenters. The van der Waals surface area contributed by atoms with Gasteiger partial charge in [-0.2, -0.15) is 0 Å². The van der Waals surface area contributed by atoms with Crippen molar-refractivity contribution in [2.24, 2.45) is 23.7 Å². The normalized spacial score (nSPS) is 43.2. The summed E-state index contributed by atoms with van der Waals surface area (Å²) >= 11 is 0. The van der Waals surface area contributed by atoms with Crippen LogP contribution < -0.4 is 5.32 Å². The number of piperidine rings is 1. The van der Waals surface area contributed by atoms with E-state index >= 15 is 0 Å². The van der Waals surface area contributed by atoms with Gasteiger partial charge in [-0.3, -0.25) is 9.69 Å².